The van der Waals surface area contributed by atoms with Gasteiger partial charge in [0.05, 0.1) is 11.6 Å². The summed E-state index contributed by atoms with van der Waals surface area (Å²) in [6.45, 7) is 9.72. The minimum atomic E-state index is -0.837. The van der Waals surface area contributed by atoms with Crippen LogP contribution in [0.15, 0.2) is 72.9 Å². The van der Waals surface area contributed by atoms with Crippen LogP contribution in [0.3, 0.4) is 0 Å². The first kappa shape index (κ1) is 35.6. The number of hydrogen-bond acceptors (Lipinski definition) is 7. The normalized spacial score (nSPS) is 21.8. The van der Waals surface area contributed by atoms with E-state index in [4.69, 9.17) is 11.5 Å². The number of piperidine rings is 1. The van der Waals surface area contributed by atoms with Gasteiger partial charge < -0.3 is 32.3 Å². The Kier molecular flexibility index (Phi) is 12.3. The Labute approximate surface area is 286 Å². The summed E-state index contributed by atoms with van der Waals surface area (Å²) in [7, 11) is 0. The van der Waals surface area contributed by atoms with Crippen LogP contribution in [0, 0.1) is 0 Å². The molecule has 48 heavy (non-hydrogen) atoms. The number of carbonyl (C=O) groups excluding carboxylic acids is 3. The number of benzene rings is 2. The molecule has 5 atom stereocenters. The maximum atomic E-state index is 14.2. The number of nitrogens with zero attached hydrogens (tertiary/aromatic N) is 2. The van der Waals surface area contributed by atoms with Crippen LogP contribution in [-0.4, -0.2) is 89.4 Å². The number of carbonyl (C=O) groups is 3. The van der Waals surface area contributed by atoms with Crippen LogP contribution in [0.2, 0.25) is 0 Å². The van der Waals surface area contributed by atoms with Crippen LogP contribution in [0.1, 0.15) is 69.4 Å². The van der Waals surface area contributed by atoms with Crippen LogP contribution in [-0.2, 0) is 27.2 Å². The molecule has 10 nitrogen and oxygen atoms in total. The van der Waals surface area contributed by atoms with Crippen LogP contribution in [0.4, 0.5) is 0 Å². The van der Waals surface area contributed by atoms with Gasteiger partial charge >= 0.3 is 0 Å². The summed E-state index contributed by atoms with van der Waals surface area (Å²) in [5, 5.41) is 9.81. The molecule has 3 saturated heterocycles. The van der Waals surface area contributed by atoms with Gasteiger partial charge in [-0.1, -0.05) is 87.0 Å². The van der Waals surface area contributed by atoms with Crippen LogP contribution < -0.4 is 27.4 Å². The molecule has 1 aliphatic carbocycles. The molecule has 0 radical (unpaired) electrons. The summed E-state index contributed by atoms with van der Waals surface area (Å²) in [6.07, 6.45) is 7.39. The van der Waals surface area contributed by atoms with Crippen molar-refractivity contribution in [3.63, 3.8) is 0 Å². The lowest BCUT2D eigenvalue weighted by Crippen LogP contribution is -2.70. The Hall–Kier alpha value is -3.73. The Bertz CT molecular complexity index is 1370. The first-order chi connectivity index (χ1) is 23.2. The predicted octanol–water partition coefficient (Wildman–Crippen LogP) is 2.62. The minimum Gasteiger partial charge on any atom is -0.376 e. The summed E-state index contributed by atoms with van der Waals surface area (Å²) in [6, 6.07) is 18.1. The zero-order chi connectivity index (χ0) is 34.1. The van der Waals surface area contributed by atoms with Gasteiger partial charge in [-0.05, 0) is 69.2 Å². The summed E-state index contributed by atoms with van der Waals surface area (Å²) in [5.74, 6) is -0.565. The Morgan fingerprint density at radius 2 is 1.48 bits per heavy atom. The predicted molar refractivity (Wildman–Crippen MR) is 190 cm³/mol. The van der Waals surface area contributed by atoms with Crippen molar-refractivity contribution in [1.82, 2.24) is 25.8 Å². The summed E-state index contributed by atoms with van der Waals surface area (Å²) < 4.78 is 0. The number of rotatable bonds is 17. The molecule has 5 unspecified atom stereocenters. The summed E-state index contributed by atoms with van der Waals surface area (Å²) >= 11 is 0. The molecule has 6 rings (SSSR count). The Morgan fingerprint density at radius 3 is 2.06 bits per heavy atom. The lowest BCUT2D eigenvalue weighted by molar-refractivity contribution is -0.145. The molecule has 3 aliphatic heterocycles. The van der Waals surface area contributed by atoms with Gasteiger partial charge in [0, 0.05) is 37.3 Å². The zero-order valence-electron chi connectivity index (χ0n) is 28.5. The zero-order valence-corrected chi connectivity index (χ0v) is 28.5. The van der Waals surface area contributed by atoms with E-state index in [1.165, 1.54) is 0 Å². The smallest absolute Gasteiger partial charge is 0.245 e. The van der Waals surface area contributed by atoms with Gasteiger partial charge in [-0.25, -0.2) is 0 Å². The molecule has 0 spiro atoms. The van der Waals surface area contributed by atoms with Gasteiger partial charge in [0.1, 0.15) is 12.1 Å². The van der Waals surface area contributed by atoms with Crippen molar-refractivity contribution in [2.75, 3.05) is 26.2 Å². The number of amides is 3. The highest BCUT2D eigenvalue weighted by Crippen LogP contribution is 2.36. The molecule has 2 bridgehead atoms. The number of nitrogens with one attached hydrogen (secondary N) is 3. The molecular weight excluding hydrogens is 602 g/mol. The molecule has 3 amide bonds. The number of unbranched alkanes of at least 4 members (excludes halogenated alkanes) is 1. The molecule has 4 aliphatic rings. The number of piperazine rings is 1. The van der Waals surface area contributed by atoms with E-state index in [-0.39, 0.29) is 17.7 Å². The van der Waals surface area contributed by atoms with Crippen LogP contribution >= 0.6 is 0 Å². The van der Waals surface area contributed by atoms with E-state index >= 15 is 0 Å². The van der Waals surface area contributed by atoms with E-state index in [2.05, 4.69) is 34.4 Å². The van der Waals surface area contributed by atoms with Gasteiger partial charge in [-0.3, -0.25) is 19.3 Å². The number of likely N-dealkylation sites (N-methyl/N-ethyl adjacent to an activating group) is 1. The fraction of sp³-hybridized carbons (Fsp3) is 0.553. The van der Waals surface area contributed by atoms with E-state index in [0.717, 1.165) is 62.9 Å². The van der Waals surface area contributed by atoms with E-state index in [0.29, 0.717) is 56.4 Å². The third-order valence-electron chi connectivity index (χ3n) is 10.6. The topological polar surface area (TPSA) is 146 Å². The standard InChI is InChI=1S/C38H55N7O3/c1-3-45-30-24-31(45)26-44(25-30)37(48)33(18-10-13-21-39)41-27(2)38(19-11-12-20-38)43-36(47)34(23-29-16-8-5-9-17-29)42-35(46)32(40)22-28-14-6-4-7-15-28/h4-9,14-17,30-34,41H,2-3,10-13,18-26,39-40H2,1H3,(H,42,46)(H,43,47). The number of hydrogen-bond donors (Lipinski definition) is 5. The molecule has 4 fully saturated rings. The van der Waals surface area contributed by atoms with Gasteiger partial charge in [0.25, 0.3) is 0 Å². The summed E-state index contributed by atoms with van der Waals surface area (Å²) in [5.41, 5.74) is 14.0. The van der Waals surface area contributed by atoms with Crippen molar-refractivity contribution in [3.05, 3.63) is 84.1 Å². The highest BCUT2D eigenvalue weighted by atomic mass is 16.2. The Balaban J connectivity index is 1.29. The second-order valence-electron chi connectivity index (χ2n) is 13.9. The molecule has 7 N–H and O–H groups in total. The average Bonchev–Trinajstić information content (AvgIpc) is 3.58. The van der Waals surface area contributed by atoms with E-state index in [1.54, 1.807) is 0 Å². The molecule has 2 aromatic carbocycles. The Morgan fingerprint density at radius 1 is 0.875 bits per heavy atom. The quantitative estimate of drug-likeness (QED) is 0.165. The average molecular weight is 658 g/mol. The first-order valence-corrected chi connectivity index (χ1v) is 17.9. The number of fused-ring (bicyclic) bond motifs is 2. The monoisotopic (exact) mass is 657 g/mol. The highest BCUT2D eigenvalue weighted by Gasteiger charge is 2.46. The third kappa shape index (κ3) is 8.64. The van der Waals surface area contributed by atoms with Crippen molar-refractivity contribution in [1.29, 1.82) is 0 Å². The van der Waals surface area contributed by atoms with Gasteiger partial charge in [-0.15, -0.1) is 0 Å². The first-order valence-electron chi connectivity index (χ1n) is 17.9. The van der Waals surface area contributed by atoms with E-state index in [1.807, 2.05) is 65.6 Å². The van der Waals surface area contributed by atoms with E-state index < -0.39 is 23.7 Å². The van der Waals surface area contributed by atoms with Crippen molar-refractivity contribution in [2.45, 2.75) is 107 Å². The maximum absolute atomic E-state index is 14.2. The molecule has 3 heterocycles. The highest BCUT2D eigenvalue weighted by molar-refractivity contribution is 5.90. The largest absolute Gasteiger partial charge is 0.376 e. The van der Waals surface area contributed by atoms with Crippen LogP contribution in [0.25, 0.3) is 0 Å². The molecule has 2 aromatic rings. The minimum absolute atomic E-state index is 0.0970. The fourth-order valence-electron chi connectivity index (χ4n) is 7.80. The second-order valence-corrected chi connectivity index (χ2v) is 13.9. The lowest BCUT2D eigenvalue weighted by Gasteiger charge is -2.56. The molecule has 260 valence electrons. The third-order valence-corrected chi connectivity index (χ3v) is 10.6. The van der Waals surface area contributed by atoms with Crippen LogP contribution in [0.5, 0.6) is 0 Å². The number of nitrogens with two attached hydrogens (primary N) is 2. The van der Waals surface area contributed by atoms with Crippen molar-refractivity contribution < 1.29 is 14.4 Å². The molecule has 1 saturated carbocycles. The van der Waals surface area contributed by atoms with Gasteiger partial charge in [-0.2, -0.15) is 0 Å². The van der Waals surface area contributed by atoms with Gasteiger partial charge in [0.15, 0.2) is 0 Å². The fourth-order valence-corrected chi connectivity index (χ4v) is 7.80. The van der Waals surface area contributed by atoms with Crippen molar-refractivity contribution in [3.8, 4) is 0 Å². The van der Waals surface area contributed by atoms with Crippen molar-refractivity contribution >= 4 is 17.7 Å². The van der Waals surface area contributed by atoms with Crippen molar-refractivity contribution in [2.24, 2.45) is 11.5 Å². The molecular formula is C38H55N7O3. The SMILES string of the molecule is C=C(NC(CCCCN)C(=O)N1CC2CC(C1)N2CC)C1(NC(=O)C(Cc2ccccc2)NC(=O)C(N)Cc2ccccc2)CCCC1. The van der Waals surface area contributed by atoms with Gasteiger partial charge in [0.2, 0.25) is 17.7 Å². The summed E-state index contributed by atoms with van der Waals surface area (Å²) in [4.78, 5) is 46.0. The second kappa shape index (κ2) is 16.6. The molecule has 0 aromatic heterocycles. The van der Waals surface area contributed by atoms with E-state index in [9.17, 15) is 14.4 Å². The molecule has 10 heteroatoms. The maximum Gasteiger partial charge on any atom is 0.245 e. The lowest BCUT2D eigenvalue weighted by atomic mass is 9.87.